The predicted octanol–water partition coefficient (Wildman–Crippen LogP) is 3.49. The summed E-state index contributed by atoms with van der Waals surface area (Å²) in [4.78, 5) is 23.5. The Kier molecular flexibility index (Phi) is 6.62. The number of nitrogens with one attached hydrogen (secondary N) is 2. The number of fused-ring (bicyclic) bond motifs is 3. The second-order valence-electron chi connectivity index (χ2n) is 10.1. The normalized spacial score (nSPS) is 15.6. The molecule has 3 aromatic heterocycles. The van der Waals surface area contributed by atoms with Crippen LogP contribution in [0.15, 0.2) is 30.6 Å². The zero-order valence-corrected chi connectivity index (χ0v) is 22.6. The molecule has 6 rings (SSSR count). The molecule has 1 aromatic carbocycles. The quantitative estimate of drug-likeness (QED) is 0.311. The number of anilines is 4. The second-order valence-corrected chi connectivity index (χ2v) is 10.1. The van der Waals surface area contributed by atoms with Crippen LogP contribution in [0.5, 0.6) is 5.88 Å². The predicted molar refractivity (Wildman–Crippen MR) is 150 cm³/mol. The lowest BCUT2D eigenvalue weighted by atomic mass is 9.97. The van der Waals surface area contributed by atoms with Gasteiger partial charge in [-0.25, -0.2) is 14.4 Å². The topological polar surface area (TPSA) is 132 Å². The Balaban J connectivity index is 1.29. The Morgan fingerprint density at radius 2 is 2.08 bits per heavy atom. The van der Waals surface area contributed by atoms with Gasteiger partial charge in [0.2, 0.25) is 11.8 Å². The van der Waals surface area contributed by atoms with Crippen LogP contribution in [-0.4, -0.2) is 70.0 Å². The third-order valence-corrected chi connectivity index (χ3v) is 7.51. The van der Waals surface area contributed by atoms with Crippen LogP contribution in [0.25, 0.3) is 21.9 Å². The minimum absolute atomic E-state index is 0.000495. The van der Waals surface area contributed by atoms with E-state index in [1.165, 1.54) is 0 Å². The van der Waals surface area contributed by atoms with E-state index in [0.717, 1.165) is 16.9 Å². The molecule has 11 nitrogen and oxygen atoms in total. The summed E-state index contributed by atoms with van der Waals surface area (Å²) in [7, 11) is 1.63. The van der Waals surface area contributed by atoms with Crippen LogP contribution < -0.4 is 21.1 Å². The van der Waals surface area contributed by atoms with Crippen LogP contribution in [0, 0.1) is 12.7 Å². The average Bonchev–Trinajstić information content (AvgIpc) is 3.24. The molecule has 40 heavy (non-hydrogen) atoms. The van der Waals surface area contributed by atoms with Gasteiger partial charge in [0.1, 0.15) is 24.7 Å². The summed E-state index contributed by atoms with van der Waals surface area (Å²) in [6, 6.07) is 5.48. The van der Waals surface area contributed by atoms with Crippen molar-refractivity contribution >= 4 is 39.7 Å². The molecular weight excluding hydrogens is 515 g/mol. The van der Waals surface area contributed by atoms with Gasteiger partial charge in [-0.1, -0.05) is 0 Å². The van der Waals surface area contributed by atoms with Crippen molar-refractivity contribution in [1.29, 1.82) is 0 Å². The fraction of sp³-hybridized carbons (Fsp3) is 0.357. The van der Waals surface area contributed by atoms with Gasteiger partial charge < -0.3 is 30.7 Å². The van der Waals surface area contributed by atoms with Crippen LogP contribution in [-0.2, 0) is 22.5 Å². The molecule has 1 atom stereocenters. The van der Waals surface area contributed by atoms with E-state index in [4.69, 9.17) is 15.2 Å². The smallest absolute Gasteiger partial charge is 0.244 e. The highest BCUT2D eigenvalue weighted by Crippen LogP contribution is 2.39. The van der Waals surface area contributed by atoms with E-state index in [1.54, 1.807) is 36.3 Å². The number of hydrogen-bond donors (Lipinski definition) is 3. The summed E-state index contributed by atoms with van der Waals surface area (Å²) in [6.07, 6.45) is 3.83. The number of carbonyl (C=O) groups excluding carboxylic acids is 1. The lowest BCUT2D eigenvalue weighted by Gasteiger charge is -2.27. The van der Waals surface area contributed by atoms with Crippen molar-refractivity contribution in [3.63, 3.8) is 0 Å². The maximum absolute atomic E-state index is 15.5. The van der Waals surface area contributed by atoms with Crippen LogP contribution in [0.4, 0.5) is 27.4 Å². The van der Waals surface area contributed by atoms with Gasteiger partial charge in [0.05, 0.1) is 18.3 Å². The molecule has 2 aliphatic rings. The molecule has 5 heterocycles. The molecule has 12 heteroatoms. The maximum atomic E-state index is 15.5. The highest BCUT2D eigenvalue weighted by Gasteiger charge is 2.26. The van der Waals surface area contributed by atoms with Gasteiger partial charge in [-0.3, -0.25) is 9.48 Å². The first-order valence-corrected chi connectivity index (χ1v) is 13.2. The van der Waals surface area contributed by atoms with E-state index < -0.39 is 5.82 Å². The Hall–Kier alpha value is -4.45. The standard InChI is InChI=1S/C28H31FN8O3/c1-15(14-39-3)36-6-4-18-10-23(35-37(18)13-24(36)38)34-22-9-17-8-19(25(29)26(30)21(17)12-32-22)20-11-33-28-27(16(20)2)31-5-7-40-28/h8-12,15,31H,4-7,13-14,30H2,1-3H3,(H,32,34,35). The fourth-order valence-corrected chi connectivity index (χ4v) is 5.42. The van der Waals surface area contributed by atoms with Gasteiger partial charge in [0.15, 0.2) is 11.6 Å². The molecule has 4 N–H and O–H groups in total. The fourth-order valence-electron chi connectivity index (χ4n) is 5.42. The van der Waals surface area contributed by atoms with Crippen LogP contribution in [0.3, 0.4) is 0 Å². The van der Waals surface area contributed by atoms with Crippen molar-refractivity contribution < 1.29 is 18.7 Å². The van der Waals surface area contributed by atoms with E-state index in [-0.39, 0.29) is 24.2 Å². The Bertz CT molecular complexity index is 1620. The van der Waals surface area contributed by atoms with Crippen molar-refractivity contribution in [2.24, 2.45) is 0 Å². The van der Waals surface area contributed by atoms with Gasteiger partial charge in [0.25, 0.3) is 0 Å². The number of aromatic nitrogens is 4. The molecule has 0 spiro atoms. The van der Waals surface area contributed by atoms with E-state index in [9.17, 15) is 4.79 Å². The number of carbonyl (C=O) groups is 1. The number of benzene rings is 1. The van der Waals surface area contributed by atoms with Gasteiger partial charge in [-0.15, -0.1) is 0 Å². The lowest BCUT2D eigenvalue weighted by molar-refractivity contribution is -0.134. The summed E-state index contributed by atoms with van der Waals surface area (Å²) >= 11 is 0. The molecule has 1 amide bonds. The number of halogens is 1. The maximum Gasteiger partial charge on any atom is 0.244 e. The van der Waals surface area contributed by atoms with E-state index in [2.05, 4.69) is 25.7 Å². The molecule has 0 fully saturated rings. The zero-order valence-electron chi connectivity index (χ0n) is 22.6. The molecule has 0 bridgehead atoms. The molecular formula is C28H31FN8O3. The number of amides is 1. The van der Waals surface area contributed by atoms with Crippen LogP contribution in [0.1, 0.15) is 18.2 Å². The number of nitrogens with two attached hydrogens (primary N) is 1. The summed E-state index contributed by atoms with van der Waals surface area (Å²) < 4.78 is 28.1. The first-order valence-electron chi connectivity index (χ1n) is 13.2. The molecule has 4 aromatic rings. The number of ether oxygens (including phenoxy) is 2. The summed E-state index contributed by atoms with van der Waals surface area (Å²) in [6.45, 7) is 6.30. The highest BCUT2D eigenvalue weighted by atomic mass is 19.1. The van der Waals surface area contributed by atoms with Crippen LogP contribution in [0.2, 0.25) is 0 Å². The van der Waals surface area contributed by atoms with Crippen molar-refractivity contribution in [1.82, 2.24) is 24.6 Å². The zero-order chi connectivity index (χ0) is 28.0. The van der Waals surface area contributed by atoms with Gasteiger partial charge in [0, 0.05) is 67.3 Å². The minimum atomic E-state index is -0.520. The molecule has 1 unspecified atom stereocenters. The molecule has 2 aliphatic heterocycles. The highest BCUT2D eigenvalue weighted by molar-refractivity contribution is 5.98. The van der Waals surface area contributed by atoms with Crippen LogP contribution >= 0.6 is 0 Å². The number of nitrogen functional groups attached to an aromatic ring is 1. The van der Waals surface area contributed by atoms with Crippen molar-refractivity contribution in [2.75, 3.05) is 49.8 Å². The van der Waals surface area contributed by atoms with E-state index >= 15 is 4.39 Å². The van der Waals surface area contributed by atoms with Gasteiger partial charge in [-0.05, 0) is 36.9 Å². The Labute approximate surface area is 230 Å². The summed E-state index contributed by atoms with van der Waals surface area (Å²) in [5, 5.41) is 12.3. The number of methoxy groups -OCH3 is 1. The van der Waals surface area contributed by atoms with Gasteiger partial charge >= 0.3 is 0 Å². The number of pyridine rings is 2. The molecule has 0 radical (unpaired) electrons. The van der Waals surface area contributed by atoms with Gasteiger partial charge in [-0.2, -0.15) is 5.10 Å². The lowest BCUT2D eigenvalue weighted by Crippen LogP contribution is -2.42. The van der Waals surface area contributed by atoms with E-state index in [1.807, 2.05) is 24.8 Å². The monoisotopic (exact) mass is 546 g/mol. The van der Waals surface area contributed by atoms with Crippen molar-refractivity contribution in [2.45, 2.75) is 32.9 Å². The second kappa shape index (κ2) is 10.3. The molecule has 0 saturated carbocycles. The first-order chi connectivity index (χ1) is 19.3. The minimum Gasteiger partial charge on any atom is -0.474 e. The molecule has 0 saturated heterocycles. The molecule has 0 aliphatic carbocycles. The average molecular weight is 547 g/mol. The third kappa shape index (κ3) is 4.53. The summed E-state index contributed by atoms with van der Waals surface area (Å²) in [5.74, 6) is 1.09. The Morgan fingerprint density at radius 3 is 2.90 bits per heavy atom. The number of nitrogens with zero attached hydrogens (tertiary/aromatic N) is 5. The molecule has 208 valence electrons. The largest absolute Gasteiger partial charge is 0.474 e. The third-order valence-electron chi connectivity index (χ3n) is 7.51. The first kappa shape index (κ1) is 25.8. The van der Waals surface area contributed by atoms with Crippen molar-refractivity contribution in [3.05, 3.63) is 47.7 Å². The Morgan fingerprint density at radius 1 is 1.23 bits per heavy atom. The van der Waals surface area contributed by atoms with E-state index in [0.29, 0.717) is 72.1 Å². The van der Waals surface area contributed by atoms with Crippen molar-refractivity contribution in [3.8, 4) is 17.0 Å². The SMILES string of the molecule is COCC(C)N1CCc2cc(Nc3cc4cc(-c5cnc6c(c5C)NCCO6)c(F)c(N)c4cn3)nn2CC1=O. The number of hydrogen-bond acceptors (Lipinski definition) is 9. The number of rotatable bonds is 6. The summed E-state index contributed by atoms with van der Waals surface area (Å²) in [5.41, 5.74) is 9.78.